The van der Waals surface area contributed by atoms with Crippen LogP contribution in [0.4, 0.5) is 0 Å². The largest absolute Gasteiger partial charge is 0.392 e. The third kappa shape index (κ3) is 7.45. The molecule has 0 saturated heterocycles. The molecule has 0 bridgehead atoms. The number of nitrogens with zero attached hydrogens (tertiary/aromatic N) is 1. The predicted octanol–water partition coefficient (Wildman–Crippen LogP) is 4.17. The molecule has 0 heterocycles. The van der Waals surface area contributed by atoms with Crippen molar-refractivity contribution in [3.8, 4) is 0 Å². The Morgan fingerprint density at radius 3 is 2.57 bits per heavy atom. The first-order valence-corrected chi connectivity index (χ1v) is 8.08. The van der Waals surface area contributed by atoms with Crippen LogP contribution in [0.1, 0.15) is 44.2 Å². The van der Waals surface area contributed by atoms with Gasteiger partial charge >= 0.3 is 0 Å². The molecule has 118 valence electrons. The molecule has 1 aromatic carbocycles. The molecule has 2 nitrogen and oxygen atoms in total. The fraction of sp³-hybridized carbons (Fsp3) is 0.579. The lowest BCUT2D eigenvalue weighted by Crippen LogP contribution is -2.33. The van der Waals surface area contributed by atoms with E-state index in [9.17, 15) is 5.11 Å². The van der Waals surface area contributed by atoms with E-state index in [1.807, 2.05) is 6.08 Å². The van der Waals surface area contributed by atoms with Gasteiger partial charge in [0.05, 0.1) is 6.10 Å². The second kappa shape index (κ2) is 9.75. The number of aryl methyl sites for hydroxylation is 1. The van der Waals surface area contributed by atoms with E-state index in [0.29, 0.717) is 5.92 Å². The highest BCUT2D eigenvalue weighted by Crippen LogP contribution is 2.13. The SMILES string of the molecule is C=CCC[C@H](O)CN(CCC(C)C)Cc1ccccc1C. The van der Waals surface area contributed by atoms with E-state index < -0.39 is 0 Å². The summed E-state index contributed by atoms with van der Waals surface area (Å²) in [5, 5.41) is 10.2. The van der Waals surface area contributed by atoms with Gasteiger partial charge in [-0.25, -0.2) is 0 Å². The molecule has 0 radical (unpaired) electrons. The lowest BCUT2D eigenvalue weighted by atomic mass is 10.1. The number of hydrogen-bond acceptors (Lipinski definition) is 2. The monoisotopic (exact) mass is 289 g/mol. The van der Waals surface area contributed by atoms with Crippen molar-refractivity contribution in [1.29, 1.82) is 0 Å². The van der Waals surface area contributed by atoms with Crippen LogP contribution in [-0.4, -0.2) is 29.2 Å². The van der Waals surface area contributed by atoms with E-state index in [2.05, 4.69) is 56.5 Å². The predicted molar refractivity (Wildman–Crippen MR) is 91.3 cm³/mol. The number of rotatable bonds is 10. The van der Waals surface area contributed by atoms with E-state index in [1.54, 1.807) is 0 Å². The zero-order valence-electron chi connectivity index (χ0n) is 13.9. The number of hydrogen-bond donors (Lipinski definition) is 1. The zero-order valence-corrected chi connectivity index (χ0v) is 13.9. The molecule has 0 aliphatic carbocycles. The first-order chi connectivity index (χ1) is 10.0. The van der Waals surface area contributed by atoms with E-state index in [0.717, 1.165) is 32.5 Å². The van der Waals surface area contributed by atoms with Crippen LogP contribution in [0.15, 0.2) is 36.9 Å². The summed E-state index contributed by atoms with van der Waals surface area (Å²) >= 11 is 0. The van der Waals surface area contributed by atoms with Gasteiger partial charge in [0, 0.05) is 13.1 Å². The summed E-state index contributed by atoms with van der Waals surface area (Å²) in [6, 6.07) is 8.52. The van der Waals surface area contributed by atoms with Gasteiger partial charge in [-0.3, -0.25) is 4.90 Å². The average molecular weight is 289 g/mol. The van der Waals surface area contributed by atoms with Gasteiger partial charge in [0.1, 0.15) is 0 Å². The third-order valence-corrected chi connectivity index (χ3v) is 3.85. The second-order valence-electron chi connectivity index (χ2n) is 6.36. The van der Waals surface area contributed by atoms with Gasteiger partial charge in [-0.2, -0.15) is 0 Å². The standard InChI is InChI=1S/C19H31NO/c1-5-6-11-19(21)15-20(13-12-16(2)3)14-18-10-8-7-9-17(18)4/h5,7-10,16,19,21H,1,6,11-15H2,2-4H3/t19-/m0/s1. The van der Waals surface area contributed by atoms with Gasteiger partial charge < -0.3 is 5.11 Å². The van der Waals surface area contributed by atoms with Gasteiger partial charge in [0.2, 0.25) is 0 Å². The van der Waals surface area contributed by atoms with Crippen LogP contribution < -0.4 is 0 Å². The van der Waals surface area contributed by atoms with Crippen molar-refractivity contribution >= 4 is 0 Å². The van der Waals surface area contributed by atoms with Crippen LogP contribution in [-0.2, 0) is 6.54 Å². The lowest BCUT2D eigenvalue weighted by molar-refractivity contribution is 0.0993. The third-order valence-electron chi connectivity index (χ3n) is 3.85. The van der Waals surface area contributed by atoms with Crippen molar-refractivity contribution in [2.75, 3.05) is 13.1 Å². The molecular formula is C19H31NO. The Balaban J connectivity index is 2.63. The molecule has 0 spiro atoms. The van der Waals surface area contributed by atoms with Crippen LogP contribution in [0.25, 0.3) is 0 Å². The molecule has 1 aromatic rings. The maximum Gasteiger partial charge on any atom is 0.0670 e. The summed E-state index contributed by atoms with van der Waals surface area (Å²) < 4.78 is 0. The van der Waals surface area contributed by atoms with Crippen molar-refractivity contribution in [2.45, 2.75) is 52.7 Å². The minimum absolute atomic E-state index is 0.265. The Bertz CT molecular complexity index is 414. The first kappa shape index (κ1) is 17.9. The van der Waals surface area contributed by atoms with Crippen molar-refractivity contribution in [3.05, 3.63) is 48.0 Å². The minimum Gasteiger partial charge on any atom is -0.392 e. The fourth-order valence-corrected chi connectivity index (χ4v) is 2.40. The summed E-state index contributed by atoms with van der Waals surface area (Å²) in [5.41, 5.74) is 2.69. The number of aliphatic hydroxyl groups excluding tert-OH is 1. The lowest BCUT2D eigenvalue weighted by Gasteiger charge is -2.26. The van der Waals surface area contributed by atoms with Crippen molar-refractivity contribution in [3.63, 3.8) is 0 Å². The molecule has 21 heavy (non-hydrogen) atoms. The second-order valence-corrected chi connectivity index (χ2v) is 6.36. The van der Waals surface area contributed by atoms with Crippen LogP contribution >= 0.6 is 0 Å². The molecule has 1 N–H and O–H groups in total. The summed E-state index contributed by atoms with van der Waals surface area (Å²) in [5.74, 6) is 0.690. The first-order valence-electron chi connectivity index (χ1n) is 8.08. The van der Waals surface area contributed by atoms with Crippen molar-refractivity contribution in [1.82, 2.24) is 4.90 Å². The number of aliphatic hydroxyl groups is 1. The Kier molecular flexibility index (Phi) is 8.33. The van der Waals surface area contributed by atoms with Crippen LogP contribution in [0.2, 0.25) is 0 Å². The summed E-state index contributed by atoms with van der Waals surface area (Å²) in [6.45, 7) is 13.1. The smallest absolute Gasteiger partial charge is 0.0670 e. The van der Waals surface area contributed by atoms with Crippen molar-refractivity contribution < 1.29 is 5.11 Å². The average Bonchev–Trinajstić information content (AvgIpc) is 2.44. The summed E-state index contributed by atoms with van der Waals surface area (Å²) in [7, 11) is 0. The summed E-state index contributed by atoms with van der Waals surface area (Å²) in [6.07, 6.45) is 4.46. The van der Waals surface area contributed by atoms with Gasteiger partial charge in [0.25, 0.3) is 0 Å². The molecule has 1 rings (SSSR count). The Labute approximate surface area is 130 Å². The number of allylic oxidation sites excluding steroid dienone is 1. The Morgan fingerprint density at radius 1 is 1.24 bits per heavy atom. The normalized spacial score (nSPS) is 12.9. The zero-order chi connectivity index (χ0) is 15.7. The van der Waals surface area contributed by atoms with Gasteiger partial charge in [-0.1, -0.05) is 44.2 Å². The van der Waals surface area contributed by atoms with E-state index >= 15 is 0 Å². The quantitative estimate of drug-likeness (QED) is 0.653. The molecule has 0 aliphatic rings. The van der Waals surface area contributed by atoms with E-state index in [-0.39, 0.29) is 6.10 Å². The van der Waals surface area contributed by atoms with Crippen LogP contribution in [0, 0.1) is 12.8 Å². The molecule has 2 heteroatoms. The maximum absolute atomic E-state index is 10.2. The molecule has 0 aliphatic heterocycles. The Hall–Kier alpha value is -1.12. The van der Waals surface area contributed by atoms with Crippen LogP contribution in [0.3, 0.4) is 0 Å². The summed E-state index contributed by atoms with van der Waals surface area (Å²) in [4.78, 5) is 2.39. The molecule has 0 unspecified atom stereocenters. The molecule has 1 atom stereocenters. The maximum atomic E-state index is 10.2. The molecule has 0 amide bonds. The van der Waals surface area contributed by atoms with Gasteiger partial charge in [-0.05, 0) is 49.8 Å². The molecule has 0 saturated carbocycles. The number of benzene rings is 1. The van der Waals surface area contributed by atoms with E-state index in [4.69, 9.17) is 0 Å². The highest BCUT2D eigenvalue weighted by Gasteiger charge is 2.13. The Morgan fingerprint density at radius 2 is 1.95 bits per heavy atom. The van der Waals surface area contributed by atoms with Crippen LogP contribution in [0.5, 0.6) is 0 Å². The topological polar surface area (TPSA) is 23.5 Å². The van der Waals surface area contributed by atoms with Crippen molar-refractivity contribution in [2.24, 2.45) is 5.92 Å². The highest BCUT2D eigenvalue weighted by molar-refractivity contribution is 5.25. The molecule has 0 aromatic heterocycles. The minimum atomic E-state index is -0.265. The molecular weight excluding hydrogens is 258 g/mol. The van der Waals surface area contributed by atoms with Gasteiger partial charge in [0.15, 0.2) is 0 Å². The fourth-order valence-electron chi connectivity index (χ4n) is 2.40. The highest BCUT2D eigenvalue weighted by atomic mass is 16.3. The van der Waals surface area contributed by atoms with E-state index in [1.165, 1.54) is 17.5 Å². The van der Waals surface area contributed by atoms with Gasteiger partial charge in [-0.15, -0.1) is 6.58 Å². The molecule has 0 fully saturated rings.